The predicted molar refractivity (Wildman–Crippen MR) is 79.3 cm³/mol. The molecule has 0 aromatic heterocycles. The standard InChI is InChI=1S/C13H19Br2NO/c1-4-10(5-2)16(3)8-9-6-11(14)13(17)12(15)7-9/h6-7,10,17H,4-5,8H2,1-3H3. The van der Waals surface area contributed by atoms with E-state index in [9.17, 15) is 5.11 Å². The van der Waals surface area contributed by atoms with Gasteiger partial charge in [-0.1, -0.05) is 13.8 Å². The summed E-state index contributed by atoms with van der Waals surface area (Å²) >= 11 is 6.72. The molecule has 0 aliphatic carbocycles. The van der Waals surface area contributed by atoms with Crippen LogP contribution < -0.4 is 0 Å². The highest BCUT2D eigenvalue weighted by atomic mass is 79.9. The van der Waals surface area contributed by atoms with Crippen LogP contribution >= 0.6 is 31.9 Å². The average molecular weight is 365 g/mol. The fraction of sp³-hybridized carbons (Fsp3) is 0.538. The number of hydrogen-bond acceptors (Lipinski definition) is 2. The molecule has 0 saturated carbocycles. The molecule has 0 spiro atoms. The first-order valence-electron chi connectivity index (χ1n) is 5.86. The average Bonchev–Trinajstić information content (AvgIpc) is 2.27. The van der Waals surface area contributed by atoms with Gasteiger partial charge in [-0.3, -0.25) is 4.90 Å². The van der Waals surface area contributed by atoms with E-state index in [-0.39, 0.29) is 5.75 Å². The Hall–Kier alpha value is -0.0600. The second-order valence-electron chi connectivity index (χ2n) is 4.29. The van der Waals surface area contributed by atoms with E-state index < -0.39 is 0 Å². The summed E-state index contributed by atoms with van der Waals surface area (Å²) in [6.07, 6.45) is 2.32. The zero-order valence-corrected chi connectivity index (χ0v) is 13.7. The van der Waals surface area contributed by atoms with Crippen molar-refractivity contribution in [3.63, 3.8) is 0 Å². The molecule has 0 bridgehead atoms. The van der Waals surface area contributed by atoms with Crippen LogP contribution in [0.5, 0.6) is 5.75 Å². The number of rotatable bonds is 5. The van der Waals surface area contributed by atoms with Gasteiger partial charge in [0.25, 0.3) is 0 Å². The van der Waals surface area contributed by atoms with Gasteiger partial charge in [0.1, 0.15) is 5.75 Å². The lowest BCUT2D eigenvalue weighted by atomic mass is 10.1. The molecule has 17 heavy (non-hydrogen) atoms. The highest BCUT2D eigenvalue weighted by molar-refractivity contribution is 9.11. The van der Waals surface area contributed by atoms with Crippen LogP contribution in [0.15, 0.2) is 21.1 Å². The Morgan fingerprint density at radius 3 is 2.06 bits per heavy atom. The summed E-state index contributed by atoms with van der Waals surface area (Å²) < 4.78 is 1.47. The monoisotopic (exact) mass is 363 g/mol. The summed E-state index contributed by atoms with van der Waals surface area (Å²) in [6.45, 7) is 5.32. The van der Waals surface area contributed by atoms with Crippen molar-refractivity contribution in [1.82, 2.24) is 4.90 Å². The molecule has 0 saturated heterocycles. The Morgan fingerprint density at radius 2 is 1.65 bits per heavy atom. The van der Waals surface area contributed by atoms with Gasteiger partial charge in [-0.05, 0) is 69.4 Å². The minimum atomic E-state index is 0.263. The van der Waals surface area contributed by atoms with Gasteiger partial charge < -0.3 is 5.11 Å². The van der Waals surface area contributed by atoms with Crippen molar-refractivity contribution in [2.24, 2.45) is 0 Å². The van der Waals surface area contributed by atoms with E-state index >= 15 is 0 Å². The minimum Gasteiger partial charge on any atom is -0.506 e. The van der Waals surface area contributed by atoms with Crippen molar-refractivity contribution >= 4 is 31.9 Å². The summed E-state index contributed by atoms with van der Waals surface area (Å²) in [6, 6.07) is 4.55. The van der Waals surface area contributed by atoms with E-state index in [0.29, 0.717) is 6.04 Å². The third-order valence-corrected chi connectivity index (χ3v) is 4.28. The Morgan fingerprint density at radius 1 is 1.18 bits per heavy atom. The van der Waals surface area contributed by atoms with Crippen molar-refractivity contribution < 1.29 is 5.11 Å². The number of hydrogen-bond donors (Lipinski definition) is 1. The highest BCUT2D eigenvalue weighted by Gasteiger charge is 2.12. The van der Waals surface area contributed by atoms with Gasteiger partial charge in [0, 0.05) is 12.6 Å². The third kappa shape index (κ3) is 3.97. The maximum atomic E-state index is 9.66. The maximum absolute atomic E-state index is 9.66. The van der Waals surface area contributed by atoms with E-state index in [1.165, 1.54) is 5.56 Å². The molecule has 1 rings (SSSR count). The molecule has 0 fully saturated rings. The molecule has 0 amide bonds. The first kappa shape index (κ1) is 15.0. The Kier molecular flexibility index (Phi) is 5.97. The first-order chi connectivity index (χ1) is 7.99. The van der Waals surface area contributed by atoms with E-state index in [2.05, 4.69) is 57.7 Å². The number of phenols is 1. The zero-order valence-electron chi connectivity index (χ0n) is 10.5. The van der Waals surface area contributed by atoms with Crippen molar-refractivity contribution in [2.45, 2.75) is 39.3 Å². The fourth-order valence-corrected chi connectivity index (χ4v) is 3.32. The van der Waals surface area contributed by atoms with Crippen molar-refractivity contribution in [3.8, 4) is 5.75 Å². The number of nitrogens with zero attached hydrogens (tertiary/aromatic N) is 1. The maximum Gasteiger partial charge on any atom is 0.143 e. The summed E-state index contributed by atoms with van der Waals surface area (Å²) in [7, 11) is 2.15. The van der Waals surface area contributed by atoms with E-state index in [4.69, 9.17) is 0 Å². The largest absolute Gasteiger partial charge is 0.506 e. The Labute approximate surface area is 120 Å². The summed E-state index contributed by atoms with van der Waals surface area (Å²) in [4.78, 5) is 2.35. The molecule has 0 radical (unpaired) electrons. The SMILES string of the molecule is CCC(CC)N(C)Cc1cc(Br)c(O)c(Br)c1. The van der Waals surface area contributed by atoms with Gasteiger partial charge in [-0.15, -0.1) is 0 Å². The van der Waals surface area contributed by atoms with Crippen LogP contribution in [-0.2, 0) is 6.54 Å². The zero-order chi connectivity index (χ0) is 13.0. The molecule has 0 aliphatic rings. The normalized spacial score (nSPS) is 11.5. The summed E-state index contributed by atoms with van der Waals surface area (Å²) in [5, 5.41) is 9.66. The summed E-state index contributed by atoms with van der Waals surface area (Å²) in [5.41, 5.74) is 1.19. The second kappa shape index (κ2) is 6.76. The van der Waals surface area contributed by atoms with Gasteiger partial charge >= 0.3 is 0 Å². The topological polar surface area (TPSA) is 23.5 Å². The minimum absolute atomic E-state index is 0.263. The molecule has 0 heterocycles. The van der Waals surface area contributed by atoms with E-state index in [1.54, 1.807) is 0 Å². The number of phenolic OH excluding ortho intramolecular Hbond substituents is 1. The van der Waals surface area contributed by atoms with Gasteiger partial charge in [0.2, 0.25) is 0 Å². The van der Waals surface area contributed by atoms with Crippen LogP contribution in [0.2, 0.25) is 0 Å². The molecule has 0 aliphatic heterocycles. The number of halogens is 2. The van der Waals surface area contributed by atoms with Gasteiger partial charge in [-0.25, -0.2) is 0 Å². The van der Waals surface area contributed by atoms with Gasteiger partial charge in [0.05, 0.1) is 8.95 Å². The highest BCUT2D eigenvalue weighted by Crippen LogP contribution is 2.33. The Bertz CT molecular complexity index is 355. The predicted octanol–water partition coefficient (Wildman–Crippen LogP) is 4.54. The van der Waals surface area contributed by atoms with Crippen LogP contribution in [0.3, 0.4) is 0 Å². The van der Waals surface area contributed by atoms with Gasteiger partial charge in [0.15, 0.2) is 0 Å². The molecule has 0 unspecified atom stereocenters. The molecule has 1 aromatic rings. The molecule has 1 N–H and O–H groups in total. The van der Waals surface area contributed by atoms with E-state index in [0.717, 1.165) is 28.3 Å². The van der Waals surface area contributed by atoms with Crippen molar-refractivity contribution in [1.29, 1.82) is 0 Å². The third-order valence-electron chi connectivity index (χ3n) is 3.07. The van der Waals surface area contributed by atoms with Crippen LogP contribution in [-0.4, -0.2) is 23.1 Å². The lowest BCUT2D eigenvalue weighted by molar-refractivity contribution is 0.221. The lowest BCUT2D eigenvalue weighted by Crippen LogP contribution is -2.29. The van der Waals surface area contributed by atoms with Crippen LogP contribution in [0, 0.1) is 0 Å². The molecule has 2 nitrogen and oxygen atoms in total. The van der Waals surface area contributed by atoms with E-state index in [1.807, 2.05) is 12.1 Å². The van der Waals surface area contributed by atoms with Crippen LogP contribution in [0.25, 0.3) is 0 Å². The number of aromatic hydroxyl groups is 1. The quantitative estimate of drug-likeness (QED) is 0.829. The van der Waals surface area contributed by atoms with Crippen molar-refractivity contribution in [2.75, 3.05) is 7.05 Å². The lowest BCUT2D eigenvalue weighted by Gasteiger charge is -2.26. The molecule has 96 valence electrons. The molecular formula is C13H19Br2NO. The van der Waals surface area contributed by atoms with Crippen LogP contribution in [0.1, 0.15) is 32.3 Å². The molecule has 4 heteroatoms. The Balaban J connectivity index is 2.81. The second-order valence-corrected chi connectivity index (χ2v) is 6.00. The van der Waals surface area contributed by atoms with Crippen LogP contribution in [0.4, 0.5) is 0 Å². The summed E-state index contributed by atoms with van der Waals surface area (Å²) in [5.74, 6) is 0.263. The van der Waals surface area contributed by atoms with Crippen molar-refractivity contribution in [3.05, 3.63) is 26.6 Å². The molecule has 1 aromatic carbocycles. The smallest absolute Gasteiger partial charge is 0.143 e. The number of benzene rings is 1. The molecular weight excluding hydrogens is 346 g/mol. The fourth-order valence-electron chi connectivity index (χ4n) is 2.04. The molecule has 0 atom stereocenters. The first-order valence-corrected chi connectivity index (χ1v) is 7.45. The van der Waals surface area contributed by atoms with Gasteiger partial charge in [-0.2, -0.15) is 0 Å².